The molecule has 1 aliphatic rings. The van der Waals surface area contributed by atoms with E-state index in [9.17, 15) is 4.79 Å². The van der Waals surface area contributed by atoms with Gasteiger partial charge in [-0.05, 0) is 12.8 Å². The summed E-state index contributed by atoms with van der Waals surface area (Å²) in [7, 11) is -1.24. The fraction of sp³-hybridized carbons (Fsp3) is 0.727. The minimum absolute atomic E-state index is 0.368. The molecule has 0 aromatic heterocycles. The Morgan fingerprint density at radius 3 is 2.62 bits per heavy atom. The maximum Gasteiger partial charge on any atom is 0.134 e. The Morgan fingerprint density at radius 1 is 1.38 bits per heavy atom. The lowest BCUT2D eigenvalue weighted by atomic mass is 9.89. The second-order valence-corrected chi connectivity index (χ2v) is 9.60. The first kappa shape index (κ1) is 10.5. The predicted octanol–water partition coefficient (Wildman–Crippen LogP) is 2.63. The third-order valence-electron chi connectivity index (χ3n) is 2.13. The molecular weight excluding hydrogens is 176 g/mol. The second kappa shape index (κ2) is 4.10. The van der Waals surface area contributed by atoms with E-state index in [1.54, 1.807) is 0 Å². The number of ketones is 1. The molecule has 2 heteroatoms. The van der Waals surface area contributed by atoms with Crippen LogP contribution in [0.1, 0.15) is 25.7 Å². The summed E-state index contributed by atoms with van der Waals surface area (Å²) in [5.74, 6) is 4.06. The molecule has 1 aliphatic carbocycles. The van der Waals surface area contributed by atoms with Gasteiger partial charge in [0, 0.05) is 18.8 Å². The highest BCUT2D eigenvalue weighted by Crippen LogP contribution is 2.20. The maximum absolute atomic E-state index is 11.1. The minimum Gasteiger partial charge on any atom is -0.300 e. The molecule has 0 amide bonds. The van der Waals surface area contributed by atoms with Crippen LogP contribution in [0.15, 0.2) is 0 Å². The van der Waals surface area contributed by atoms with Crippen LogP contribution in [0.4, 0.5) is 0 Å². The Hall–Kier alpha value is -0.553. The summed E-state index contributed by atoms with van der Waals surface area (Å²) in [5.41, 5.74) is 3.35. The number of rotatable bonds is 0. The first-order valence-corrected chi connectivity index (χ1v) is 8.52. The van der Waals surface area contributed by atoms with Crippen LogP contribution in [0.5, 0.6) is 0 Å². The molecule has 1 fully saturated rings. The van der Waals surface area contributed by atoms with Crippen LogP contribution in [0.25, 0.3) is 0 Å². The van der Waals surface area contributed by atoms with Crippen LogP contribution >= 0.6 is 0 Å². The Kier molecular flexibility index (Phi) is 3.32. The van der Waals surface area contributed by atoms with Crippen LogP contribution in [-0.4, -0.2) is 13.9 Å². The highest BCUT2D eigenvalue weighted by molar-refractivity contribution is 6.83. The molecule has 0 heterocycles. The zero-order valence-corrected chi connectivity index (χ0v) is 9.81. The zero-order chi connectivity index (χ0) is 9.90. The molecule has 0 bridgehead atoms. The summed E-state index contributed by atoms with van der Waals surface area (Å²) in [6.45, 7) is 6.72. The highest BCUT2D eigenvalue weighted by atomic mass is 28.3. The predicted molar refractivity (Wildman–Crippen MR) is 58.1 cm³/mol. The average molecular weight is 194 g/mol. The first-order chi connectivity index (χ1) is 5.97. The van der Waals surface area contributed by atoms with E-state index < -0.39 is 8.07 Å². The molecule has 0 spiro atoms. The third-order valence-corrected chi connectivity index (χ3v) is 3.03. The molecule has 1 saturated carbocycles. The van der Waals surface area contributed by atoms with Gasteiger partial charge in [0.25, 0.3) is 0 Å². The smallest absolute Gasteiger partial charge is 0.134 e. The average Bonchev–Trinajstić information content (AvgIpc) is 2.00. The normalized spacial score (nSPS) is 23.6. The molecule has 0 N–H and O–H groups in total. The fourth-order valence-corrected chi connectivity index (χ4v) is 2.10. The quantitative estimate of drug-likeness (QED) is 0.428. The Balaban J connectivity index is 2.52. The van der Waals surface area contributed by atoms with E-state index in [0.717, 1.165) is 19.3 Å². The van der Waals surface area contributed by atoms with Gasteiger partial charge in [0.05, 0.1) is 0 Å². The van der Waals surface area contributed by atoms with Crippen molar-refractivity contribution in [1.29, 1.82) is 0 Å². The van der Waals surface area contributed by atoms with Crippen molar-refractivity contribution >= 4 is 13.9 Å². The van der Waals surface area contributed by atoms with Crippen molar-refractivity contribution in [3.8, 4) is 11.5 Å². The molecule has 1 rings (SSSR count). The van der Waals surface area contributed by atoms with E-state index in [0.29, 0.717) is 18.1 Å². The zero-order valence-electron chi connectivity index (χ0n) is 8.81. The van der Waals surface area contributed by atoms with Gasteiger partial charge >= 0.3 is 0 Å². The van der Waals surface area contributed by atoms with E-state index in [1.165, 1.54) is 0 Å². The Morgan fingerprint density at radius 2 is 2.08 bits per heavy atom. The SMILES string of the molecule is C[Si](C)(C)C#C[C@@H]1CCCC(=O)C1. The lowest BCUT2D eigenvalue weighted by Gasteiger charge is -2.15. The second-order valence-electron chi connectivity index (χ2n) is 4.85. The van der Waals surface area contributed by atoms with Crippen LogP contribution in [-0.2, 0) is 4.79 Å². The number of carbonyl (C=O) groups excluding carboxylic acids is 1. The van der Waals surface area contributed by atoms with Gasteiger partial charge in [0.1, 0.15) is 13.9 Å². The molecule has 0 saturated heterocycles. The van der Waals surface area contributed by atoms with Crippen LogP contribution in [0.2, 0.25) is 19.6 Å². The van der Waals surface area contributed by atoms with Crippen LogP contribution in [0, 0.1) is 17.4 Å². The van der Waals surface area contributed by atoms with Gasteiger partial charge in [-0.15, -0.1) is 11.5 Å². The van der Waals surface area contributed by atoms with Crippen LogP contribution < -0.4 is 0 Å². The van der Waals surface area contributed by atoms with Crippen molar-refractivity contribution in [3.63, 3.8) is 0 Å². The van der Waals surface area contributed by atoms with Crippen molar-refractivity contribution < 1.29 is 4.79 Å². The summed E-state index contributed by atoms with van der Waals surface area (Å²) in [6, 6.07) is 0. The van der Waals surface area contributed by atoms with Crippen molar-refractivity contribution in [3.05, 3.63) is 0 Å². The summed E-state index contributed by atoms with van der Waals surface area (Å²) in [4.78, 5) is 11.1. The number of carbonyl (C=O) groups is 1. The summed E-state index contributed by atoms with van der Waals surface area (Å²) in [6.07, 6.45) is 3.66. The first-order valence-electron chi connectivity index (χ1n) is 5.02. The molecule has 0 aromatic rings. The Bertz CT molecular complexity index is 251. The van der Waals surface area contributed by atoms with Crippen molar-refractivity contribution in [2.75, 3.05) is 0 Å². The maximum atomic E-state index is 11.1. The summed E-state index contributed by atoms with van der Waals surface area (Å²) >= 11 is 0. The van der Waals surface area contributed by atoms with Gasteiger partial charge in [-0.3, -0.25) is 4.79 Å². The molecule has 1 nitrogen and oxygen atoms in total. The van der Waals surface area contributed by atoms with E-state index >= 15 is 0 Å². The Labute approximate surface area is 81.9 Å². The van der Waals surface area contributed by atoms with Gasteiger partial charge in [-0.25, -0.2) is 0 Å². The molecule has 1 atom stereocenters. The van der Waals surface area contributed by atoms with Gasteiger partial charge in [-0.1, -0.05) is 19.6 Å². The van der Waals surface area contributed by atoms with E-state index in [2.05, 4.69) is 31.1 Å². The topological polar surface area (TPSA) is 17.1 Å². The van der Waals surface area contributed by atoms with Gasteiger partial charge in [-0.2, -0.15) is 0 Å². The molecule has 0 unspecified atom stereocenters. The van der Waals surface area contributed by atoms with Gasteiger partial charge < -0.3 is 0 Å². The number of Topliss-reactive ketones (excluding diaryl/α,β-unsaturated/α-hetero) is 1. The van der Waals surface area contributed by atoms with E-state index in [1.807, 2.05) is 0 Å². The van der Waals surface area contributed by atoms with Gasteiger partial charge in [0.15, 0.2) is 0 Å². The minimum atomic E-state index is -1.24. The fourth-order valence-electron chi connectivity index (χ4n) is 1.47. The van der Waals surface area contributed by atoms with E-state index in [-0.39, 0.29) is 0 Å². The summed E-state index contributed by atoms with van der Waals surface area (Å²) < 4.78 is 0. The standard InChI is InChI=1S/C11H18OSi/c1-13(2,3)8-7-10-5-4-6-11(12)9-10/h10H,4-6,9H2,1-3H3/t10-/m0/s1. The molecular formula is C11H18OSi. The molecule has 0 radical (unpaired) electrons. The van der Waals surface area contributed by atoms with Crippen molar-refractivity contribution in [2.24, 2.45) is 5.92 Å². The monoisotopic (exact) mass is 194 g/mol. The molecule has 0 aromatic carbocycles. The number of hydrogen-bond acceptors (Lipinski definition) is 1. The lowest BCUT2D eigenvalue weighted by Crippen LogP contribution is -2.19. The van der Waals surface area contributed by atoms with E-state index in [4.69, 9.17) is 0 Å². The molecule has 72 valence electrons. The number of hydrogen-bond donors (Lipinski definition) is 0. The molecule has 13 heavy (non-hydrogen) atoms. The largest absolute Gasteiger partial charge is 0.300 e. The highest BCUT2D eigenvalue weighted by Gasteiger charge is 2.18. The van der Waals surface area contributed by atoms with Crippen molar-refractivity contribution in [1.82, 2.24) is 0 Å². The summed E-state index contributed by atoms with van der Waals surface area (Å²) in [5, 5.41) is 0. The van der Waals surface area contributed by atoms with Gasteiger partial charge in [0.2, 0.25) is 0 Å². The molecule has 0 aliphatic heterocycles. The third kappa shape index (κ3) is 4.28. The lowest BCUT2D eigenvalue weighted by molar-refractivity contribution is -0.120. The van der Waals surface area contributed by atoms with Crippen molar-refractivity contribution in [2.45, 2.75) is 45.3 Å². The van der Waals surface area contributed by atoms with Crippen LogP contribution in [0.3, 0.4) is 0 Å².